The topological polar surface area (TPSA) is 51.9 Å². The molecule has 0 aromatic carbocycles. The van der Waals surface area contributed by atoms with Gasteiger partial charge in [-0.15, -0.1) is 0 Å². The SMILES string of the molecule is CCCn1ccnc1CNC(=O)c1cc(Cl)cn1C. The van der Waals surface area contributed by atoms with Crippen molar-refractivity contribution in [3.63, 3.8) is 0 Å². The number of amides is 1. The third-order valence-corrected chi connectivity index (χ3v) is 3.08. The molecule has 0 spiro atoms. The predicted molar refractivity (Wildman–Crippen MR) is 74.1 cm³/mol. The molecule has 0 bridgehead atoms. The minimum absolute atomic E-state index is 0.152. The zero-order chi connectivity index (χ0) is 13.8. The van der Waals surface area contributed by atoms with Crippen LogP contribution in [0.3, 0.4) is 0 Å². The minimum Gasteiger partial charge on any atom is -0.345 e. The number of carbonyl (C=O) groups is 1. The van der Waals surface area contributed by atoms with Crippen molar-refractivity contribution in [3.8, 4) is 0 Å². The molecule has 6 heteroatoms. The molecule has 0 fully saturated rings. The number of nitrogens with zero attached hydrogens (tertiary/aromatic N) is 3. The fourth-order valence-electron chi connectivity index (χ4n) is 1.95. The van der Waals surface area contributed by atoms with E-state index in [0.717, 1.165) is 18.8 Å². The maximum absolute atomic E-state index is 12.0. The smallest absolute Gasteiger partial charge is 0.268 e. The third kappa shape index (κ3) is 3.17. The maximum atomic E-state index is 12.0. The van der Waals surface area contributed by atoms with Crippen LogP contribution < -0.4 is 5.32 Å². The molecule has 0 aliphatic carbocycles. The van der Waals surface area contributed by atoms with Crippen molar-refractivity contribution in [1.82, 2.24) is 19.4 Å². The Labute approximate surface area is 117 Å². The van der Waals surface area contributed by atoms with E-state index in [-0.39, 0.29) is 5.91 Å². The zero-order valence-electron chi connectivity index (χ0n) is 11.1. The maximum Gasteiger partial charge on any atom is 0.268 e. The molecule has 19 heavy (non-hydrogen) atoms. The second kappa shape index (κ2) is 5.93. The lowest BCUT2D eigenvalue weighted by molar-refractivity contribution is 0.0941. The summed E-state index contributed by atoms with van der Waals surface area (Å²) in [5, 5.41) is 3.41. The number of halogens is 1. The molecular weight excluding hydrogens is 264 g/mol. The molecule has 0 radical (unpaired) electrons. The molecule has 2 aromatic rings. The van der Waals surface area contributed by atoms with Crippen LogP contribution in [0.15, 0.2) is 24.7 Å². The highest BCUT2D eigenvalue weighted by molar-refractivity contribution is 6.31. The molecule has 0 unspecified atom stereocenters. The molecule has 1 amide bonds. The van der Waals surface area contributed by atoms with Gasteiger partial charge in [-0.1, -0.05) is 18.5 Å². The van der Waals surface area contributed by atoms with E-state index < -0.39 is 0 Å². The van der Waals surface area contributed by atoms with Gasteiger partial charge in [-0.25, -0.2) is 4.98 Å². The summed E-state index contributed by atoms with van der Waals surface area (Å²) in [6.45, 7) is 3.42. The number of carbonyl (C=O) groups excluding carboxylic acids is 1. The molecule has 102 valence electrons. The fraction of sp³-hybridized carbons (Fsp3) is 0.385. The van der Waals surface area contributed by atoms with Crippen LogP contribution in [0.2, 0.25) is 5.02 Å². The Balaban J connectivity index is 2.00. The van der Waals surface area contributed by atoms with Crippen molar-refractivity contribution in [2.24, 2.45) is 7.05 Å². The van der Waals surface area contributed by atoms with E-state index in [1.54, 1.807) is 30.1 Å². The first kappa shape index (κ1) is 13.7. The number of aromatic nitrogens is 3. The van der Waals surface area contributed by atoms with Crippen molar-refractivity contribution in [2.45, 2.75) is 26.4 Å². The summed E-state index contributed by atoms with van der Waals surface area (Å²) in [5.74, 6) is 0.705. The average molecular weight is 281 g/mol. The van der Waals surface area contributed by atoms with Crippen LogP contribution in [0.5, 0.6) is 0 Å². The monoisotopic (exact) mass is 280 g/mol. The largest absolute Gasteiger partial charge is 0.345 e. The highest BCUT2D eigenvalue weighted by Gasteiger charge is 2.12. The third-order valence-electron chi connectivity index (χ3n) is 2.88. The Kier molecular flexibility index (Phi) is 4.27. The summed E-state index contributed by atoms with van der Waals surface area (Å²) < 4.78 is 3.74. The van der Waals surface area contributed by atoms with Gasteiger partial charge >= 0.3 is 0 Å². The van der Waals surface area contributed by atoms with E-state index in [0.29, 0.717) is 17.3 Å². The molecule has 2 rings (SSSR count). The van der Waals surface area contributed by atoms with Crippen molar-refractivity contribution in [2.75, 3.05) is 0 Å². The molecule has 0 saturated heterocycles. The minimum atomic E-state index is -0.152. The van der Waals surface area contributed by atoms with Gasteiger partial charge in [-0.2, -0.15) is 0 Å². The summed E-state index contributed by atoms with van der Waals surface area (Å²) >= 11 is 5.86. The van der Waals surface area contributed by atoms with Crippen LogP contribution in [0.4, 0.5) is 0 Å². The second-order valence-corrected chi connectivity index (χ2v) is 4.81. The lowest BCUT2D eigenvalue weighted by Crippen LogP contribution is -2.26. The first-order chi connectivity index (χ1) is 9.11. The van der Waals surface area contributed by atoms with Crippen LogP contribution >= 0.6 is 11.6 Å². The van der Waals surface area contributed by atoms with Gasteiger partial charge in [0.1, 0.15) is 11.5 Å². The molecule has 5 nitrogen and oxygen atoms in total. The van der Waals surface area contributed by atoms with E-state index in [2.05, 4.69) is 17.2 Å². The van der Waals surface area contributed by atoms with Crippen LogP contribution in [0.1, 0.15) is 29.7 Å². The van der Waals surface area contributed by atoms with Gasteiger partial charge in [0.05, 0.1) is 11.6 Å². The average Bonchev–Trinajstić information content (AvgIpc) is 2.93. The number of aryl methyl sites for hydroxylation is 2. The number of nitrogens with one attached hydrogen (secondary N) is 1. The Morgan fingerprint density at radius 3 is 2.95 bits per heavy atom. The lowest BCUT2D eigenvalue weighted by Gasteiger charge is -2.08. The number of hydrogen-bond acceptors (Lipinski definition) is 2. The van der Waals surface area contributed by atoms with E-state index in [1.165, 1.54) is 0 Å². The standard InChI is InChI=1S/C13H17ClN4O/c1-3-5-18-6-4-15-12(18)8-16-13(19)11-7-10(14)9-17(11)2/h4,6-7,9H,3,5,8H2,1-2H3,(H,16,19). The Morgan fingerprint density at radius 1 is 1.53 bits per heavy atom. The van der Waals surface area contributed by atoms with Crippen LogP contribution in [0.25, 0.3) is 0 Å². The van der Waals surface area contributed by atoms with Gasteiger partial charge in [0.2, 0.25) is 0 Å². The number of imidazole rings is 1. The fourth-order valence-corrected chi connectivity index (χ4v) is 2.20. The second-order valence-electron chi connectivity index (χ2n) is 4.37. The highest BCUT2D eigenvalue weighted by atomic mass is 35.5. The molecule has 2 heterocycles. The molecule has 0 aliphatic rings. The van der Waals surface area contributed by atoms with Gasteiger partial charge in [-0.05, 0) is 12.5 Å². The molecule has 1 N–H and O–H groups in total. The summed E-state index contributed by atoms with van der Waals surface area (Å²) in [5.41, 5.74) is 0.540. The van der Waals surface area contributed by atoms with Crippen molar-refractivity contribution >= 4 is 17.5 Å². The van der Waals surface area contributed by atoms with Gasteiger partial charge in [-0.3, -0.25) is 4.79 Å². The Hall–Kier alpha value is -1.75. The van der Waals surface area contributed by atoms with Crippen LogP contribution in [-0.2, 0) is 20.1 Å². The Morgan fingerprint density at radius 2 is 2.32 bits per heavy atom. The summed E-state index contributed by atoms with van der Waals surface area (Å²) in [7, 11) is 1.79. The van der Waals surface area contributed by atoms with E-state index in [9.17, 15) is 4.79 Å². The quantitative estimate of drug-likeness (QED) is 0.913. The first-order valence-corrected chi connectivity index (χ1v) is 6.59. The van der Waals surface area contributed by atoms with Gasteiger partial charge in [0.25, 0.3) is 5.91 Å². The Bertz CT molecular complexity index is 573. The summed E-state index contributed by atoms with van der Waals surface area (Å²) in [6, 6.07) is 1.65. The zero-order valence-corrected chi connectivity index (χ0v) is 11.8. The molecule has 0 atom stereocenters. The number of hydrogen-bond donors (Lipinski definition) is 1. The predicted octanol–water partition coefficient (Wildman–Crippen LogP) is 2.21. The molecule has 2 aromatic heterocycles. The van der Waals surface area contributed by atoms with Gasteiger partial charge < -0.3 is 14.5 Å². The molecule has 0 saturated carbocycles. The van der Waals surface area contributed by atoms with Gasteiger partial charge in [0.15, 0.2) is 0 Å². The summed E-state index contributed by atoms with van der Waals surface area (Å²) in [6.07, 6.45) is 6.40. The van der Waals surface area contributed by atoms with Crippen molar-refractivity contribution < 1.29 is 4.79 Å². The van der Waals surface area contributed by atoms with Crippen molar-refractivity contribution in [1.29, 1.82) is 0 Å². The first-order valence-electron chi connectivity index (χ1n) is 6.22. The lowest BCUT2D eigenvalue weighted by atomic mass is 10.4. The summed E-state index contributed by atoms with van der Waals surface area (Å²) in [4.78, 5) is 16.3. The molecule has 0 aliphatic heterocycles. The van der Waals surface area contributed by atoms with E-state index in [1.807, 2.05) is 10.8 Å². The molecular formula is C13H17ClN4O. The van der Waals surface area contributed by atoms with Gasteiger partial charge in [0, 0.05) is 32.2 Å². The normalized spacial score (nSPS) is 10.7. The number of rotatable bonds is 5. The van der Waals surface area contributed by atoms with E-state index >= 15 is 0 Å². The van der Waals surface area contributed by atoms with E-state index in [4.69, 9.17) is 11.6 Å². The van der Waals surface area contributed by atoms with Crippen molar-refractivity contribution in [3.05, 3.63) is 41.2 Å². The highest BCUT2D eigenvalue weighted by Crippen LogP contribution is 2.12. The van der Waals surface area contributed by atoms with Crippen LogP contribution in [-0.4, -0.2) is 20.0 Å². The van der Waals surface area contributed by atoms with Crippen LogP contribution in [0, 0.1) is 0 Å².